The zero-order valence-electron chi connectivity index (χ0n) is 21.1. The number of halogens is 1. The van der Waals surface area contributed by atoms with Gasteiger partial charge in [-0.1, -0.05) is 37.3 Å². The molecular weight excluding hydrogens is 522 g/mol. The average molecular weight is 552 g/mol. The van der Waals surface area contributed by atoms with E-state index < -0.39 is 17.5 Å². The maximum absolute atomic E-state index is 12.9. The summed E-state index contributed by atoms with van der Waals surface area (Å²) in [4.78, 5) is 25.1. The number of primary amides is 1. The van der Waals surface area contributed by atoms with Crippen LogP contribution >= 0.6 is 15.9 Å². The number of rotatable bonds is 7. The molecule has 0 unspecified atom stereocenters. The number of esters is 1. The van der Waals surface area contributed by atoms with Gasteiger partial charge in [-0.15, -0.1) is 0 Å². The lowest BCUT2D eigenvalue weighted by molar-refractivity contribution is 0.00701. The van der Waals surface area contributed by atoms with Gasteiger partial charge in [0.2, 0.25) is 0 Å². The molecule has 0 saturated heterocycles. The van der Waals surface area contributed by atoms with E-state index in [4.69, 9.17) is 14.9 Å². The quantitative estimate of drug-likeness (QED) is 0.272. The molecule has 36 heavy (non-hydrogen) atoms. The Morgan fingerprint density at radius 1 is 1.11 bits per heavy atom. The van der Waals surface area contributed by atoms with E-state index in [0.717, 1.165) is 27.6 Å². The zero-order valence-corrected chi connectivity index (χ0v) is 22.7. The first kappa shape index (κ1) is 25.7. The SMILES string of the molecule is CCc1nn(CC)c(C(N)=O)c1Cc1ccc2c(-c3ccccc3C(=O)OC(C)(C)C)oc(Br)c2c1. The van der Waals surface area contributed by atoms with Gasteiger partial charge < -0.3 is 14.9 Å². The summed E-state index contributed by atoms with van der Waals surface area (Å²) in [5, 5.41) is 6.31. The van der Waals surface area contributed by atoms with E-state index in [1.807, 2.05) is 65.0 Å². The summed E-state index contributed by atoms with van der Waals surface area (Å²) >= 11 is 3.55. The van der Waals surface area contributed by atoms with Crippen molar-refractivity contribution < 1.29 is 18.7 Å². The molecule has 0 saturated carbocycles. The molecule has 2 heterocycles. The predicted molar refractivity (Wildman–Crippen MR) is 143 cm³/mol. The normalized spacial score (nSPS) is 11.7. The van der Waals surface area contributed by atoms with Crippen LogP contribution in [0, 0.1) is 0 Å². The Kier molecular flexibility index (Phi) is 7.09. The average Bonchev–Trinajstić information content (AvgIpc) is 3.35. The lowest BCUT2D eigenvalue weighted by atomic mass is 9.97. The second-order valence-corrected chi connectivity index (χ2v) is 10.3. The highest BCUT2D eigenvalue weighted by Crippen LogP contribution is 2.39. The Morgan fingerprint density at radius 3 is 2.47 bits per heavy atom. The maximum Gasteiger partial charge on any atom is 0.339 e. The van der Waals surface area contributed by atoms with Crippen molar-refractivity contribution in [3.8, 4) is 11.3 Å². The summed E-state index contributed by atoms with van der Waals surface area (Å²) in [6.07, 6.45) is 1.21. The van der Waals surface area contributed by atoms with Gasteiger partial charge in [-0.05, 0) is 67.7 Å². The standard InChI is InChI=1S/C28H30BrN3O4/c1-6-22-21(23(26(30)33)32(7-2)31-22)15-16-12-13-18-20(14-16)25(29)35-24(18)17-10-8-9-11-19(17)27(34)36-28(3,4)5/h8-14H,6-7,15H2,1-5H3,(H2,30,33). The minimum atomic E-state index is -0.613. The molecule has 4 rings (SSSR count). The number of amides is 1. The first-order valence-corrected chi connectivity index (χ1v) is 12.7. The lowest BCUT2D eigenvalue weighted by Gasteiger charge is -2.20. The lowest BCUT2D eigenvalue weighted by Crippen LogP contribution is -2.24. The Morgan fingerprint density at radius 2 is 1.83 bits per heavy atom. The Hall–Kier alpha value is -3.39. The fourth-order valence-electron chi connectivity index (χ4n) is 4.38. The van der Waals surface area contributed by atoms with E-state index in [-0.39, 0.29) is 0 Å². The topological polar surface area (TPSA) is 100 Å². The van der Waals surface area contributed by atoms with E-state index in [1.54, 1.807) is 16.8 Å². The predicted octanol–water partition coefficient (Wildman–Crippen LogP) is 6.29. The van der Waals surface area contributed by atoms with Crippen molar-refractivity contribution >= 4 is 38.6 Å². The van der Waals surface area contributed by atoms with Crippen LogP contribution in [0.2, 0.25) is 0 Å². The van der Waals surface area contributed by atoms with Crippen molar-refractivity contribution in [3.05, 3.63) is 75.2 Å². The third kappa shape index (κ3) is 4.95. The molecule has 2 N–H and O–H groups in total. The van der Waals surface area contributed by atoms with Crippen LogP contribution in [0.5, 0.6) is 0 Å². The summed E-state index contributed by atoms with van der Waals surface area (Å²) in [6.45, 7) is 10.0. The van der Waals surface area contributed by atoms with Crippen LogP contribution in [0.15, 0.2) is 51.6 Å². The molecule has 188 valence electrons. The molecule has 0 aliphatic heterocycles. The highest BCUT2D eigenvalue weighted by molar-refractivity contribution is 9.10. The number of aryl methyl sites for hydroxylation is 2. The molecule has 0 spiro atoms. The van der Waals surface area contributed by atoms with Gasteiger partial charge in [0.15, 0.2) is 4.67 Å². The zero-order chi connectivity index (χ0) is 26.2. The van der Waals surface area contributed by atoms with Crippen LogP contribution in [0.25, 0.3) is 22.1 Å². The molecule has 0 atom stereocenters. The number of ether oxygens (including phenoxy) is 1. The summed E-state index contributed by atoms with van der Waals surface area (Å²) in [5.41, 5.74) is 9.34. The third-order valence-corrected chi connectivity index (χ3v) is 6.49. The van der Waals surface area contributed by atoms with Crippen molar-refractivity contribution in [2.24, 2.45) is 5.73 Å². The summed E-state index contributed by atoms with van der Waals surface area (Å²) in [7, 11) is 0. The largest absolute Gasteiger partial charge is 0.456 e. The van der Waals surface area contributed by atoms with Crippen LogP contribution in [-0.2, 0) is 24.1 Å². The van der Waals surface area contributed by atoms with Crippen LogP contribution in [0.3, 0.4) is 0 Å². The minimum absolute atomic E-state index is 0.408. The molecule has 0 aliphatic rings. The number of hydrogen-bond donors (Lipinski definition) is 1. The Labute approximate surface area is 218 Å². The summed E-state index contributed by atoms with van der Waals surface area (Å²) in [5.74, 6) is -0.309. The Balaban J connectivity index is 1.77. The molecule has 4 aromatic rings. The van der Waals surface area contributed by atoms with Gasteiger partial charge in [0.25, 0.3) is 5.91 Å². The van der Waals surface area contributed by atoms with Crippen LogP contribution in [0.1, 0.15) is 72.3 Å². The van der Waals surface area contributed by atoms with Crippen molar-refractivity contribution in [3.63, 3.8) is 0 Å². The smallest absolute Gasteiger partial charge is 0.339 e. The molecule has 2 aromatic heterocycles. The number of benzene rings is 2. The fraction of sp³-hybridized carbons (Fsp3) is 0.321. The van der Waals surface area contributed by atoms with E-state index >= 15 is 0 Å². The molecule has 8 heteroatoms. The Bertz CT molecular complexity index is 1460. The number of fused-ring (bicyclic) bond motifs is 1. The van der Waals surface area contributed by atoms with Gasteiger partial charge in [-0.25, -0.2) is 4.79 Å². The highest BCUT2D eigenvalue weighted by atomic mass is 79.9. The monoisotopic (exact) mass is 551 g/mol. The van der Waals surface area contributed by atoms with Crippen molar-refractivity contribution in [2.45, 2.75) is 59.6 Å². The number of nitrogens with two attached hydrogens (primary N) is 1. The molecule has 0 bridgehead atoms. The van der Waals surface area contributed by atoms with Crippen LogP contribution in [0.4, 0.5) is 0 Å². The molecule has 0 aliphatic carbocycles. The molecule has 7 nitrogen and oxygen atoms in total. The van der Waals surface area contributed by atoms with E-state index in [0.29, 0.717) is 46.6 Å². The maximum atomic E-state index is 12.9. The van der Waals surface area contributed by atoms with Gasteiger partial charge in [0.05, 0.1) is 11.3 Å². The van der Waals surface area contributed by atoms with Gasteiger partial charge in [0.1, 0.15) is 17.1 Å². The number of furan rings is 1. The molecule has 2 aromatic carbocycles. The number of carbonyl (C=O) groups excluding carboxylic acids is 2. The van der Waals surface area contributed by atoms with Gasteiger partial charge in [-0.3, -0.25) is 9.48 Å². The minimum Gasteiger partial charge on any atom is -0.456 e. The number of aromatic nitrogens is 2. The highest BCUT2D eigenvalue weighted by Gasteiger charge is 2.25. The molecule has 0 radical (unpaired) electrons. The first-order valence-electron chi connectivity index (χ1n) is 12.0. The van der Waals surface area contributed by atoms with Crippen molar-refractivity contribution in [1.29, 1.82) is 0 Å². The van der Waals surface area contributed by atoms with E-state index in [9.17, 15) is 9.59 Å². The first-order chi connectivity index (χ1) is 17.0. The van der Waals surface area contributed by atoms with Gasteiger partial charge in [-0.2, -0.15) is 5.10 Å². The summed E-state index contributed by atoms with van der Waals surface area (Å²) in [6, 6.07) is 13.3. The molecule has 1 amide bonds. The van der Waals surface area contributed by atoms with Crippen molar-refractivity contribution in [1.82, 2.24) is 9.78 Å². The number of nitrogens with zero attached hydrogens (tertiary/aromatic N) is 2. The third-order valence-electron chi connectivity index (χ3n) is 5.90. The van der Waals surface area contributed by atoms with Gasteiger partial charge >= 0.3 is 5.97 Å². The molecular formula is C28H30BrN3O4. The number of hydrogen-bond acceptors (Lipinski definition) is 5. The van der Waals surface area contributed by atoms with E-state index in [1.165, 1.54) is 0 Å². The van der Waals surface area contributed by atoms with E-state index in [2.05, 4.69) is 21.0 Å². The number of carbonyl (C=O) groups is 2. The van der Waals surface area contributed by atoms with Crippen LogP contribution < -0.4 is 5.73 Å². The van der Waals surface area contributed by atoms with Crippen molar-refractivity contribution in [2.75, 3.05) is 0 Å². The second-order valence-electron chi connectivity index (χ2n) is 9.62. The second kappa shape index (κ2) is 9.93. The summed E-state index contributed by atoms with van der Waals surface area (Å²) < 4.78 is 14.0. The van der Waals surface area contributed by atoms with Gasteiger partial charge in [0, 0.05) is 34.9 Å². The van der Waals surface area contributed by atoms with Crippen LogP contribution in [-0.4, -0.2) is 27.3 Å². The molecule has 0 fully saturated rings. The fourth-order valence-corrected chi connectivity index (χ4v) is 4.87.